The van der Waals surface area contributed by atoms with Crippen molar-refractivity contribution in [3.05, 3.63) is 222 Å². The van der Waals surface area contributed by atoms with Crippen molar-refractivity contribution in [3.63, 3.8) is 0 Å². The van der Waals surface area contributed by atoms with Crippen LogP contribution in [0.1, 0.15) is 30.5 Å². The summed E-state index contributed by atoms with van der Waals surface area (Å²) < 4.78 is 0. The maximum atomic E-state index is 5.38. The van der Waals surface area contributed by atoms with Gasteiger partial charge in [0.25, 0.3) is 0 Å². The quantitative estimate of drug-likeness (QED) is 0.0702. The summed E-state index contributed by atoms with van der Waals surface area (Å²) in [6, 6.07) is 65.8. The Balaban J connectivity index is 1.17. The van der Waals surface area contributed by atoms with Crippen molar-refractivity contribution in [1.82, 2.24) is 4.98 Å². The monoisotopic (exact) mass is 689 g/mol. The zero-order valence-corrected chi connectivity index (χ0v) is 30.5. The molecule has 0 atom stereocenters. The molecule has 0 aliphatic rings. The number of pyridine rings is 1. The van der Waals surface area contributed by atoms with Gasteiger partial charge in [-0.1, -0.05) is 200 Å². The number of hydrogen-bond acceptors (Lipinski definition) is 1. The first-order chi connectivity index (χ1) is 26.7. The van der Waals surface area contributed by atoms with E-state index in [1.165, 1.54) is 88.0 Å². The van der Waals surface area contributed by atoms with Crippen LogP contribution in [0.2, 0.25) is 0 Å². The van der Waals surface area contributed by atoms with E-state index in [0.29, 0.717) is 0 Å². The van der Waals surface area contributed by atoms with E-state index in [-0.39, 0.29) is 0 Å². The van der Waals surface area contributed by atoms with Crippen molar-refractivity contribution in [2.75, 3.05) is 0 Å². The number of hydrogen-bond donors (Lipinski definition) is 0. The van der Waals surface area contributed by atoms with Crippen molar-refractivity contribution in [1.29, 1.82) is 0 Å². The molecule has 54 heavy (non-hydrogen) atoms. The fourth-order valence-electron chi connectivity index (χ4n) is 8.00. The first-order valence-electron chi connectivity index (χ1n) is 18.7. The highest BCUT2D eigenvalue weighted by atomic mass is 14.7. The van der Waals surface area contributed by atoms with E-state index >= 15 is 0 Å². The van der Waals surface area contributed by atoms with E-state index in [0.717, 1.165) is 11.0 Å². The number of allylic oxidation sites excluding steroid dienone is 5. The Bertz CT molecular complexity index is 2800. The number of nitrogens with zero attached hydrogens (tertiary/aromatic N) is 1. The largest absolute Gasteiger partial charge is 0.246 e. The van der Waals surface area contributed by atoms with Crippen molar-refractivity contribution < 1.29 is 0 Å². The molecule has 0 fully saturated rings. The number of fused-ring (bicyclic) bond motifs is 6. The van der Waals surface area contributed by atoms with Gasteiger partial charge in [-0.3, -0.25) is 0 Å². The Morgan fingerprint density at radius 1 is 0.407 bits per heavy atom. The molecule has 9 rings (SSSR count). The highest BCUT2D eigenvalue weighted by Crippen LogP contribution is 2.41. The first-order valence-corrected chi connectivity index (χ1v) is 18.7. The second-order valence-electron chi connectivity index (χ2n) is 13.7. The van der Waals surface area contributed by atoms with E-state index in [4.69, 9.17) is 4.98 Å². The van der Waals surface area contributed by atoms with E-state index in [1.807, 2.05) is 0 Å². The predicted molar refractivity (Wildman–Crippen MR) is 233 cm³/mol. The minimum absolute atomic E-state index is 1.04. The van der Waals surface area contributed by atoms with Gasteiger partial charge in [0.2, 0.25) is 0 Å². The summed E-state index contributed by atoms with van der Waals surface area (Å²) >= 11 is 0. The van der Waals surface area contributed by atoms with Gasteiger partial charge in [-0.25, -0.2) is 4.98 Å². The molecule has 0 radical (unpaired) electrons. The van der Waals surface area contributed by atoms with Crippen molar-refractivity contribution in [2.45, 2.75) is 13.8 Å². The predicted octanol–water partition coefficient (Wildman–Crippen LogP) is 14.5. The molecule has 0 unspecified atom stereocenters. The van der Waals surface area contributed by atoms with Gasteiger partial charge in [0, 0.05) is 27.1 Å². The van der Waals surface area contributed by atoms with Crippen LogP contribution in [0.25, 0.3) is 76.8 Å². The van der Waals surface area contributed by atoms with E-state index in [9.17, 15) is 0 Å². The van der Waals surface area contributed by atoms with Crippen LogP contribution in [0.3, 0.4) is 0 Å². The van der Waals surface area contributed by atoms with Gasteiger partial charge in [0.1, 0.15) is 0 Å². The molecular weight excluding hydrogens is 651 g/mol. The summed E-state index contributed by atoms with van der Waals surface area (Å²) in [6.45, 7) is 4.20. The molecule has 1 heteroatoms. The molecule has 0 amide bonds. The molecule has 0 aliphatic heterocycles. The lowest BCUT2D eigenvalue weighted by Crippen LogP contribution is -1.98. The Morgan fingerprint density at radius 2 is 0.870 bits per heavy atom. The summed E-state index contributed by atoms with van der Waals surface area (Å²) in [7, 11) is 0. The van der Waals surface area contributed by atoms with Gasteiger partial charge in [-0.2, -0.15) is 0 Å². The second kappa shape index (κ2) is 14.3. The van der Waals surface area contributed by atoms with Gasteiger partial charge in [0.05, 0.1) is 11.0 Å². The SMILES string of the molecule is C\C=C/C(=C\C)C(=C(/c1ccccc1)c1ccc(-c2ccc(-c3c4ccc5ccccc5c4nc4c3ccc3ccccc34)cc2)cc1)/c1ccccc1. The van der Waals surface area contributed by atoms with Crippen LogP contribution in [0.5, 0.6) is 0 Å². The molecule has 1 heterocycles. The van der Waals surface area contributed by atoms with Crippen LogP contribution >= 0.6 is 0 Å². The summed E-state index contributed by atoms with van der Waals surface area (Å²) in [4.78, 5) is 5.38. The highest BCUT2D eigenvalue weighted by Gasteiger charge is 2.18. The number of benzene rings is 8. The maximum Gasteiger partial charge on any atom is 0.0794 e. The summed E-state index contributed by atoms with van der Waals surface area (Å²) in [5, 5.41) is 7.09. The Kier molecular flexibility index (Phi) is 8.75. The van der Waals surface area contributed by atoms with E-state index < -0.39 is 0 Å². The zero-order valence-electron chi connectivity index (χ0n) is 30.5. The number of rotatable bonds is 7. The van der Waals surface area contributed by atoms with E-state index in [1.54, 1.807) is 0 Å². The molecule has 0 bridgehead atoms. The van der Waals surface area contributed by atoms with Crippen molar-refractivity contribution in [3.8, 4) is 22.3 Å². The lowest BCUT2D eigenvalue weighted by atomic mass is 9.85. The fourth-order valence-corrected chi connectivity index (χ4v) is 8.00. The highest BCUT2D eigenvalue weighted by molar-refractivity contribution is 6.21. The average Bonchev–Trinajstić information content (AvgIpc) is 3.25. The van der Waals surface area contributed by atoms with Gasteiger partial charge >= 0.3 is 0 Å². The third-order valence-corrected chi connectivity index (χ3v) is 10.6. The maximum absolute atomic E-state index is 5.38. The summed E-state index contributed by atoms with van der Waals surface area (Å²) in [5.74, 6) is 0. The van der Waals surface area contributed by atoms with Crippen LogP contribution in [0.15, 0.2) is 206 Å². The molecular formula is C53H39N. The number of aromatic nitrogens is 1. The Morgan fingerprint density at radius 3 is 1.41 bits per heavy atom. The fraction of sp³-hybridized carbons (Fsp3) is 0.0377. The van der Waals surface area contributed by atoms with Crippen LogP contribution < -0.4 is 0 Å². The minimum atomic E-state index is 1.04. The minimum Gasteiger partial charge on any atom is -0.246 e. The normalized spacial score (nSPS) is 12.6. The molecule has 0 saturated heterocycles. The molecule has 1 aromatic heterocycles. The molecule has 0 aliphatic carbocycles. The van der Waals surface area contributed by atoms with Gasteiger partial charge < -0.3 is 0 Å². The van der Waals surface area contributed by atoms with E-state index in [2.05, 4.69) is 214 Å². The standard InChI is InChI=1S/C53H39N/c1-3-15-36(4-2)49(41-18-7-5-8-19-41)50(42-20-9-6-10-21-42)43-28-24-37(25-29-43)38-26-30-44(31-27-38)51-47-34-32-39-16-11-13-22-45(39)52(47)54-53-46-23-14-12-17-40(46)33-35-48(51)53/h3-35H,1-2H3/b15-3-,36-4+,50-49+. The van der Waals surface area contributed by atoms with Gasteiger partial charge in [-0.05, 0) is 74.7 Å². The van der Waals surface area contributed by atoms with Crippen molar-refractivity contribution in [2.24, 2.45) is 0 Å². The van der Waals surface area contributed by atoms with Gasteiger partial charge in [0.15, 0.2) is 0 Å². The molecule has 0 spiro atoms. The summed E-state index contributed by atoms with van der Waals surface area (Å²) in [5.41, 5.74) is 14.0. The smallest absolute Gasteiger partial charge is 0.0794 e. The van der Waals surface area contributed by atoms with Crippen LogP contribution in [-0.2, 0) is 0 Å². The van der Waals surface area contributed by atoms with Gasteiger partial charge in [-0.15, -0.1) is 0 Å². The molecule has 0 saturated carbocycles. The van der Waals surface area contributed by atoms with Crippen LogP contribution in [0, 0.1) is 0 Å². The molecule has 9 aromatic rings. The molecule has 1 nitrogen and oxygen atoms in total. The Hall–Kier alpha value is -6.83. The first kappa shape index (κ1) is 33.0. The topological polar surface area (TPSA) is 12.9 Å². The second-order valence-corrected chi connectivity index (χ2v) is 13.7. The zero-order chi connectivity index (χ0) is 36.4. The Labute approximate surface area is 316 Å². The molecule has 8 aromatic carbocycles. The third-order valence-electron chi connectivity index (χ3n) is 10.6. The van der Waals surface area contributed by atoms with Crippen LogP contribution in [-0.4, -0.2) is 4.98 Å². The average molecular weight is 690 g/mol. The molecule has 0 N–H and O–H groups in total. The third kappa shape index (κ3) is 5.90. The van der Waals surface area contributed by atoms with Crippen molar-refractivity contribution >= 4 is 54.5 Å². The lowest BCUT2D eigenvalue weighted by molar-refractivity contribution is 1.49. The molecule has 256 valence electrons. The van der Waals surface area contributed by atoms with Crippen LogP contribution in [0.4, 0.5) is 0 Å². The lowest BCUT2D eigenvalue weighted by Gasteiger charge is -2.19. The summed E-state index contributed by atoms with van der Waals surface area (Å²) in [6.07, 6.45) is 6.54.